The highest BCUT2D eigenvalue weighted by molar-refractivity contribution is 7.35. The summed E-state index contributed by atoms with van der Waals surface area (Å²) in [4.78, 5) is 24.7. The normalized spacial score (nSPS) is 12.4. The van der Waals surface area contributed by atoms with Crippen LogP contribution in [-0.2, 0) is 20.8 Å². The number of hydrogen-bond acceptors (Lipinski definition) is 10. The van der Waals surface area contributed by atoms with Crippen molar-refractivity contribution >= 4 is 37.4 Å². The first-order valence-electron chi connectivity index (χ1n) is 11.5. The van der Waals surface area contributed by atoms with Crippen LogP contribution in [0.2, 0.25) is 0 Å². The molecular weight excluding hydrogens is 457 g/mol. The van der Waals surface area contributed by atoms with Crippen LogP contribution in [0, 0.1) is 0 Å². The van der Waals surface area contributed by atoms with Crippen LogP contribution in [0.3, 0.4) is 0 Å². The maximum absolute atomic E-state index is 12.2. The van der Waals surface area contributed by atoms with E-state index in [-0.39, 0.29) is 20.8 Å². The summed E-state index contributed by atoms with van der Waals surface area (Å²) in [5.74, 6) is 0.143. The molecule has 34 heavy (non-hydrogen) atoms. The predicted octanol–water partition coefficient (Wildman–Crippen LogP) is 3.71. The Morgan fingerprint density at radius 3 is 2.65 bits per heavy atom. The maximum atomic E-state index is 12.2. The molecule has 192 valence electrons. The van der Waals surface area contributed by atoms with Crippen molar-refractivity contribution in [2.24, 2.45) is 5.16 Å². The number of nitrogens with one attached hydrogen (secondary N) is 1. The van der Waals surface area contributed by atoms with Gasteiger partial charge in [-0.2, -0.15) is 0 Å². The van der Waals surface area contributed by atoms with Gasteiger partial charge in [0.2, 0.25) is 0 Å². The zero-order chi connectivity index (χ0) is 25.6. The lowest BCUT2D eigenvalue weighted by molar-refractivity contribution is -0.149. The van der Waals surface area contributed by atoms with Crippen LogP contribution >= 0.6 is 8.73 Å². The van der Waals surface area contributed by atoms with Crippen LogP contribution in [0.1, 0.15) is 67.2 Å². The summed E-state index contributed by atoms with van der Waals surface area (Å²) in [5.41, 5.74) is 7.05. The molecule has 0 aliphatic rings. The number of carbonyl (C=O) groups excluding carboxylic acids is 1. The molecule has 0 fully saturated rings. The van der Waals surface area contributed by atoms with Crippen LogP contribution < -0.4 is 10.8 Å². The van der Waals surface area contributed by atoms with Crippen LogP contribution in [0.25, 0.3) is 11.2 Å². The fraction of sp³-hybridized carbons (Fsp3) is 0.682. The van der Waals surface area contributed by atoms with Crippen molar-refractivity contribution in [2.75, 3.05) is 18.7 Å². The Labute approximate surface area is 203 Å². The molecule has 2 heterocycles. The van der Waals surface area contributed by atoms with Gasteiger partial charge in [-0.05, 0) is 49.8 Å². The summed E-state index contributed by atoms with van der Waals surface area (Å²) in [6.45, 7) is 12.3. The van der Waals surface area contributed by atoms with Crippen molar-refractivity contribution in [3.05, 3.63) is 12.7 Å². The summed E-state index contributed by atoms with van der Waals surface area (Å²) < 4.78 is 13.1. The number of anilines is 1. The van der Waals surface area contributed by atoms with E-state index in [9.17, 15) is 4.79 Å². The molecule has 0 aliphatic carbocycles. The van der Waals surface area contributed by atoms with Crippen molar-refractivity contribution in [2.45, 2.75) is 85.4 Å². The number of esters is 1. The number of hydrogen-bond donors (Lipinski definition) is 3. The molecule has 11 nitrogen and oxygen atoms in total. The minimum absolute atomic E-state index is 0.0495. The van der Waals surface area contributed by atoms with Crippen molar-refractivity contribution in [1.82, 2.24) is 24.6 Å². The lowest BCUT2D eigenvalue weighted by Gasteiger charge is -2.24. The zero-order valence-electron chi connectivity index (χ0n) is 21.2. The number of oxime groups is 1. The number of nitrogens with zero attached hydrogens (tertiary/aromatic N) is 5. The van der Waals surface area contributed by atoms with Crippen molar-refractivity contribution in [3.63, 3.8) is 0 Å². The Morgan fingerprint density at radius 2 is 2.00 bits per heavy atom. The van der Waals surface area contributed by atoms with E-state index in [2.05, 4.69) is 32.1 Å². The van der Waals surface area contributed by atoms with Gasteiger partial charge in [0.25, 0.3) is 0 Å². The standard InChI is InChI=1S/C19H33N6O3P.C3H7NO/c1-5-6-7-8-9-27-18(26)19(3,4)24-29-13-28-14(2)10-25-12-23-15-16(20)21-11-22-17(15)25;1-3(2)4-5/h11-12,14,24,29H,5-10,13H2,1-4H3,(H2,20,21,22);5H,1-2H3/t14-;/m1./s1. The third-order valence-electron chi connectivity index (χ3n) is 4.67. The van der Waals surface area contributed by atoms with Gasteiger partial charge < -0.3 is 25.0 Å². The lowest BCUT2D eigenvalue weighted by Crippen LogP contribution is -2.44. The predicted molar refractivity (Wildman–Crippen MR) is 136 cm³/mol. The highest BCUT2D eigenvalue weighted by Crippen LogP contribution is 2.18. The molecule has 2 aromatic heterocycles. The summed E-state index contributed by atoms with van der Waals surface area (Å²) in [5, 5.41) is 13.8. The molecular formula is C22H40N7O4P. The quantitative estimate of drug-likeness (QED) is 0.0939. The number of aromatic nitrogens is 4. The molecule has 2 rings (SSSR count). The van der Waals surface area contributed by atoms with Gasteiger partial charge in [0.15, 0.2) is 11.5 Å². The molecule has 1 unspecified atom stereocenters. The first-order chi connectivity index (χ1) is 16.1. The van der Waals surface area contributed by atoms with E-state index >= 15 is 0 Å². The summed E-state index contributed by atoms with van der Waals surface area (Å²) in [6, 6.07) is 0. The van der Waals surface area contributed by atoms with Gasteiger partial charge in [-0.1, -0.05) is 31.3 Å². The fourth-order valence-corrected chi connectivity index (χ4v) is 3.71. The van der Waals surface area contributed by atoms with E-state index in [1.165, 1.54) is 19.2 Å². The Balaban J connectivity index is 0.00000104. The molecule has 4 N–H and O–H groups in total. The van der Waals surface area contributed by atoms with Crippen LogP contribution in [0.4, 0.5) is 5.82 Å². The SMILES string of the molecule is CC(C)=NO.CCCCCCOC(=O)C(C)(C)NPCO[C@H](C)Cn1cnc2c(N)ncnc21. The second-order valence-electron chi connectivity index (χ2n) is 8.62. The second-order valence-corrected chi connectivity index (χ2v) is 9.51. The highest BCUT2D eigenvalue weighted by atomic mass is 31.1. The molecule has 0 saturated carbocycles. The number of nitrogen functional groups attached to an aromatic ring is 1. The highest BCUT2D eigenvalue weighted by Gasteiger charge is 2.28. The van der Waals surface area contributed by atoms with Crippen LogP contribution in [0.5, 0.6) is 0 Å². The van der Waals surface area contributed by atoms with E-state index in [1.807, 2.05) is 25.3 Å². The number of unbranched alkanes of at least 4 members (excludes halogenated alkanes) is 3. The second kappa shape index (κ2) is 15.5. The molecule has 2 aromatic rings. The van der Waals surface area contributed by atoms with Gasteiger partial charge in [0.05, 0.1) is 37.6 Å². The number of nitrogens with two attached hydrogens (primary N) is 1. The third-order valence-corrected chi connectivity index (χ3v) is 5.78. The molecule has 12 heteroatoms. The number of fused-ring (bicyclic) bond motifs is 1. The van der Waals surface area contributed by atoms with Gasteiger partial charge in [-0.15, -0.1) is 0 Å². The number of ether oxygens (including phenoxy) is 2. The molecule has 2 atom stereocenters. The van der Waals surface area contributed by atoms with Crippen molar-refractivity contribution < 1.29 is 19.5 Å². The van der Waals surface area contributed by atoms with Gasteiger partial charge in [0, 0.05) is 0 Å². The van der Waals surface area contributed by atoms with Gasteiger partial charge in [-0.3, -0.25) is 9.88 Å². The van der Waals surface area contributed by atoms with Gasteiger partial charge in [-0.25, -0.2) is 15.0 Å². The monoisotopic (exact) mass is 497 g/mol. The Kier molecular flexibility index (Phi) is 13.5. The molecule has 0 aliphatic heterocycles. The minimum Gasteiger partial charge on any atom is -0.464 e. The summed E-state index contributed by atoms with van der Waals surface area (Å²) in [7, 11) is 0.279. The average Bonchev–Trinajstić information content (AvgIpc) is 3.20. The van der Waals surface area contributed by atoms with Crippen LogP contribution in [-0.4, -0.2) is 61.0 Å². The number of imidazole rings is 1. The molecule has 0 saturated heterocycles. The molecule has 0 amide bonds. The Hall–Kier alpha value is -2.36. The summed E-state index contributed by atoms with van der Waals surface area (Å²) >= 11 is 0. The van der Waals surface area contributed by atoms with Crippen molar-refractivity contribution in [3.8, 4) is 0 Å². The number of carbonyl (C=O) groups is 1. The topological polar surface area (TPSA) is 150 Å². The Bertz CT molecular complexity index is 901. The largest absolute Gasteiger partial charge is 0.464 e. The van der Waals surface area contributed by atoms with E-state index in [0.29, 0.717) is 42.2 Å². The van der Waals surface area contributed by atoms with Gasteiger partial charge in [0.1, 0.15) is 17.4 Å². The summed E-state index contributed by atoms with van der Waals surface area (Å²) in [6.07, 6.45) is 7.91. The fourth-order valence-electron chi connectivity index (χ4n) is 2.73. The van der Waals surface area contributed by atoms with E-state index in [4.69, 9.17) is 20.4 Å². The number of rotatable bonds is 13. The van der Waals surface area contributed by atoms with Crippen molar-refractivity contribution in [1.29, 1.82) is 0 Å². The molecule has 0 spiro atoms. The van der Waals surface area contributed by atoms with E-state index in [1.54, 1.807) is 20.2 Å². The average molecular weight is 498 g/mol. The van der Waals surface area contributed by atoms with Crippen LogP contribution in [0.15, 0.2) is 17.8 Å². The maximum Gasteiger partial charge on any atom is 0.326 e. The Morgan fingerprint density at radius 1 is 1.29 bits per heavy atom. The molecule has 0 bridgehead atoms. The zero-order valence-corrected chi connectivity index (χ0v) is 22.2. The molecule has 0 radical (unpaired) electrons. The minimum atomic E-state index is -0.731. The van der Waals surface area contributed by atoms with E-state index < -0.39 is 5.54 Å². The van der Waals surface area contributed by atoms with Gasteiger partial charge >= 0.3 is 5.97 Å². The first kappa shape index (κ1) is 29.7. The first-order valence-corrected chi connectivity index (χ1v) is 12.7. The third kappa shape index (κ3) is 10.7. The lowest BCUT2D eigenvalue weighted by atomic mass is 10.1. The van der Waals surface area contributed by atoms with E-state index in [0.717, 1.165) is 12.8 Å². The smallest absolute Gasteiger partial charge is 0.326 e. The molecule has 0 aromatic carbocycles.